The molecule has 0 saturated heterocycles. The smallest absolute Gasteiger partial charge is 0.181 e. The maximum Gasteiger partial charge on any atom is 0.181 e. The van der Waals surface area contributed by atoms with Crippen LogP contribution in [0.15, 0.2) is 40.9 Å². The van der Waals surface area contributed by atoms with Crippen molar-refractivity contribution in [1.82, 2.24) is 0 Å². The number of halogens is 4. The maximum atomic E-state index is 13.5. The summed E-state index contributed by atoms with van der Waals surface area (Å²) in [6, 6.07) is 8.39. The molecule has 0 bridgehead atoms. The fourth-order valence-corrected chi connectivity index (χ4v) is 1.83. The Morgan fingerprint density at radius 3 is 2.50 bits per heavy atom. The summed E-state index contributed by atoms with van der Waals surface area (Å²) in [6.07, 6.45) is 0. The fraction of sp³-hybridized carbons (Fsp3) is 0.0769. The minimum Gasteiger partial charge on any atom is -0.378 e. The van der Waals surface area contributed by atoms with Gasteiger partial charge in [0, 0.05) is 16.6 Å². The third-order valence-electron chi connectivity index (χ3n) is 2.44. The summed E-state index contributed by atoms with van der Waals surface area (Å²) in [7, 11) is 0. The van der Waals surface area contributed by atoms with Gasteiger partial charge in [0.1, 0.15) is 5.82 Å². The molecule has 94 valence electrons. The number of hydrogen-bond donors (Lipinski definition) is 1. The minimum atomic E-state index is -0.963. The number of rotatable bonds is 3. The first-order valence-electron chi connectivity index (χ1n) is 5.20. The van der Waals surface area contributed by atoms with Gasteiger partial charge in [0.05, 0.1) is 5.69 Å². The molecule has 0 unspecified atom stereocenters. The molecule has 2 aromatic carbocycles. The standard InChI is InChI=1S/C13H9BrF3N/c14-9-5-4-8(11(16)6-9)7-18-12-3-1-2-10(15)13(12)17/h1-6,18H,7H2. The number of anilines is 1. The zero-order valence-corrected chi connectivity index (χ0v) is 10.8. The van der Waals surface area contributed by atoms with Gasteiger partial charge in [-0.15, -0.1) is 0 Å². The van der Waals surface area contributed by atoms with Crippen LogP contribution in [0, 0.1) is 17.5 Å². The van der Waals surface area contributed by atoms with E-state index in [0.717, 1.165) is 6.07 Å². The van der Waals surface area contributed by atoms with Crippen LogP contribution in [0.1, 0.15) is 5.56 Å². The molecule has 2 aromatic rings. The molecule has 1 N–H and O–H groups in total. The molecular weight excluding hydrogens is 307 g/mol. The fourth-order valence-electron chi connectivity index (χ4n) is 1.50. The van der Waals surface area contributed by atoms with Crippen molar-refractivity contribution in [1.29, 1.82) is 0 Å². The van der Waals surface area contributed by atoms with E-state index in [1.165, 1.54) is 18.2 Å². The first kappa shape index (κ1) is 13.0. The van der Waals surface area contributed by atoms with Gasteiger partial charge in [-0.25, -0.2) is 13.2 Å². The van der Waals surface area contributed by atoms with Crippen LogP contribution >= 0.6 is 15.9 Å². The number of hydrogen-bond acceptors (Lipinski definition) is 1. The molecule has 0 aliphatic rings. The van der Waals surface area contributed by atoms with Crippen molar-refractivity contribution in [3.8, 4) is 0 Å². The lowest BCUT2D eigenvalue weighted by molar-refractivity contribution is 0.511. The molecule has 0 radical (unpaired) electrons. The van der Waals surface area contributed by atoms with E-state index in [9.17, 15) is 13.2 Å². The lowest BCUT2D eigenvalue weighted by Gasteiger charge is -2.09. The van der Waals surface area contributed by atoms with Crippen molar-refractivity contribution in [2.24, 2.45) is 0 Å². The van der Waals surface area contributed by atoms with Gasteiger partial charge in [0.25, 0.3) is 0 Å². The van der Waals surface area contributed by atoms with Crippen LogP contribution in [0.25, 0.3) is 0 Å². The quantitative estimate of drug-likeness (QED) is 0.880. The van der Waals surface area contributed by atoms with E-state index in [-0.39, 0.29) is 12.2 Å². The van der Waals surface area contributed by atoms with Crippen LogP contribution in [-0.2, 0) is 6.54 Å². The molecule has 2 rings (SSSR count). The minimum absolute atomic E-state index is 0.0114. The first-order valence-corrected chi connectivity index (χ1v) is 5.99. The molecule has 0 atom stereocenters. The average molecular weight is 316 g/mol. The number of nitrogens with one attached hydrogen (secondary N) is 1. The monoisotopic (exact) mass is 315 g/mol. The van der Waals surface area contributed by atoms with Crippen LogP contribution in [-0.4, -0.2) is 0 Å². The third kappa shape index (κ3) is 2.85. The van der Waals surface area contributed by atoms with Crippen molar-refractivity contribution >= 4 is 21.6 Å². The maximum absolute atomic E-state index is 13.5. The summed E-state index contributed by atoms with van der Waals surface area (Å²) < 4.78 is 40.4. The van der Waals surface area contributed by atoms with Crippen LogP contribution < -0.4 is 5.32 Å². The average Bonchev–Trinajstić information content (AvgIpc) is 2.33. The molecule has 0 heterocycles. The van der Waals surface area contributed by atoms with Gasteiger partial charge in [-0.2, -0.15) is 0 Å². The number of benzene rings is 2. The lowest BCUT2D eigenvalue weighted by atomic mass is 10.2. The first-order chi connectivity index (χ1) is 8.58. The zero-order valence-electron chi connectivity index (χ0n) is 9.18. The summed E-state index contributed by atoms with van der Waals surface area (Å²) in [5.74, 6) is -2.31. The summed E-state index contributed by atoms with van der Waals surface area (Å²) in [5.41, 5.74) is 0.388. The van der Waals surface area contributed by atoms with Crippen molar-refractivity contribution < 1.29 is 13.2 Å². The van der Waals surface area contributed by atoms with Crippen molar-refractivity contribution in [2.45, 2.75) is 6.54 Å². The van der Waals surface area contributed by atoms with Crippen LogP contribution in [0.3, 0.4) is 0 Å². The highest BCUT2D eigenvalue weighted by atomic mass is 79.9. The Bertz CT molecular complexity index is 572. The van der Waals surface area contributed by atoms with E-state index in [2.05, 4.69) is 21.2 Å². The molecule has 0 amide bonds. The van der Waals surface area contributed by atoms with E-state index in [4.69, 9.17) is 0 Å². The highest BCUT2D eigenvalue weighted by molar-refractivity contribution is 9.10. The summed E-state index contributed by atoms with van der Waals surface area (Å²) in [6.45, 7) is 0.0828. The van der Waals surface area contributed by atoms with E-state index >= 15 is 0 Å². The topological polar surface area (TPSA) is 12.0 Å². The highest BCUT2D eigenvalue weighted by Crippen LogP contribution is 2.19. The van der Waals surface area contributed by atoms with Crippen LogP contribution in [0.4, 0.5) is 18.9 Å². The van der Waals surface area contributed by atoms with Gasteiger partial charge in [0.15, 0.2) is 11.6 Å². The second-order valence-electron chi connectivity index (χ2n) is 3.69. The van der Waals surface area contributed by atoms with Crippen molar-refractivity contribution in [3.63, 3.8) is 0 Å². The molecule has 18 heavy (non-hydrogen) atoms. The van der Waals surface area contributed by atoms with Gasteiger partial charge in [-0.1, -0.05) is 28.1 Å². The Morgan fingerprint density at radius 2 is 1.78 bits per heavy atom. The molecule has 0 fully saturated rings. The molecule has 0 aliphatic heterocycles. The Morgan fingerprint density at radius 1 is 1.00 bits per heavy atom. The van der Waals surface area contributed by atoms with E-state index in [1.807, 2.05) is 0 Å². The van der Waals surface area contributed by atoms with Gasteiger partial charge >= 0.3 is 0 Å². The second kappa shape index (κ2) is 5.44. The van der Waals surface area contributed by atoms with Gasteiger partial charge in [-0.3, -0.25) is 0 Å². The molecule has 0 spiro atoms. The summed E-state index contributed by atoms with van der Waals surface area (Å²) >= 11 is 3.14. The van der Waals surface area contributed by atoms with E-state index in [0.29, 0.717) is 10.0 Å². The normalized spacial score (nSPS) is 10.4. The molecule has 1 nitrogen and oxygen atoms in total. The van der Waals surface area contributed by atoms with E-state index < -0.39 is 17.5 Å². The van der Waals surface area contributed by atoms with Gasteiger partial charge in [0.2, 0.25) is 0 Å². The van der Waals surface area contributed by atoms with Crippen molar-refractivity contribution in [3.05, 3.63) is 63.9 Å². The lowest BCUT2D eigenvalue weighted by Crippen LogP contribution is -2.04. The van der Waals surface area contributed by atoms with Crippen LogP contribution in [0.5, 0.6) is 0 Å². The predicted octanol–water partition coefficient (Wildman–Crippen LogP) is 4.48. The third-order valence-corrected chi connectivity index (χ3v) is 2.93. The van der Waals surface area contributed by atoms with Gasteiger partial charge in [-0.05, 0) is 24.3 Å². The molecule has 0 aliphatic carbocycles. The second-order valence-corrected chi connectivity index (χ2v) is 4.61. The predicted molar refractivity (Wildman–Crippen MR) is 67.8 cm³/mol. The largest absolute Gasteiger partial charge is 0.378 e. The highest BCUT2D eigenvalue weighted by Gasteiger charge is 2.08. The summed E-state index contributed by atoms with van der Waals surface area (Å²) in [4.78, 5) is 0. The molecule has 5 heteroatoms. The molecular formula is C13H9BrF3N. The zero-order chi connectivity index (χ0) is 13.1. The summed E-state index contributed by atoms with van der Waals surface area (Å²) in [5, 5.41) is 2.66. The Kier molecular flexibility index (Phi) is 3.91. The Labute approximate surface area is 111 Å². The Hall–Kier alpha value is -1.49. The van der Waals surface area contributed by atoms with Crippen molar-refractivity contribution in [2.75, 3.05) is 5.32 Å². The van der Waals surface area contributed by atoms with E-state index in [1.54, 1.807) is 12.1 Å². The van der Waals surface area contributed by atoms with Gasteiger partial charge < -0.3 is 5.32 Å². The molecule has 0 aromatic heterocycles. The van der Waals surface area contributed by atoms with Crippen LogP contribution in [0.2, 0.25) is 0 Å². The molecule has 0 saturated carbocycles. The Balaban J connectivity index is 2.14. The SMILES string of the molecule is Fc1cc(Br)ccc1CNc1cccc(F)c1F.